The van der Waals surface area contributed by atoms with Gasteiger partial charge < -0.3 is 13.8 Å². The molecule has 26 heavy (non-hydrogen) atoms. The van der Waals surface area contributed by atoms with Gasteiger partial charge in [-0.15, -0.1) is 0 Å². The topological polar surface area (TPSA) is 38.8 Å². The second kappa shape index (κ2) is 11.0. The van der Waals surface area contributed by atoms with Crippen molar-refractivity contribution >= 4 is 22.6 Å². The van der Waals surface area contributed by atoms with E-state index < -0.39 is 16.6 Å². The molecular weight excluding hydrogens is 358 g/mol. The number of carbonyl (C=O) groups excluding carboxylic acids is 1. The van der Waals surface area contributed by atoms with Gasteiger partial charge in [0.15, 0.2) is 8.32 Å². The summed E-state index contributed by atoms with van der Waals surface area (Å²) in [5.74, 6) is -0.0954. The lowest BCUT2D eigenvalue weighted by atomic mass is 10.2. The number of hydrogen-bond acceptors (Lipinski definition) is 4. The van der Waals surface area contributed by atoms with Crippen molar-refractivity contribution in [3.63, 3.8) is 0 Å². The summed E-state index contributed by atoms with van der Waals surface area (Å²) in [5, 5.41) is 0. The second-order valence-corrected chi connectivity index (χ2v) is 19.3. The molecule has 0 rings (SSSR count). The predicted molar refractivity (Wildman–Crippen MR) is 118 cm³/mol. The van der Waals surface area contributed by atoms with E-state index in [2.05, 4.69) is 66.6 Å². The van der Waals surface area contributed by atoms with Gasteiger partial charge in [0, 0.05) is 13.7 Å². The Morgan fingerprint density at radius 1 is 0.962 bits per heavy atom. The molecule has 1 atom stereocenters. The summed E-state index contributed by atoms with van der Waals surface area (Å²) in [6.07, 6.45) is 1.12. The first-order valence-corrected chi connectivity index (χ1v) is 15.5. The minimum Gasteiger partial charge on any atom is -0.518 e. The molecule has 0 N–H and O–H groups in total. The SMILES string of the molecule is CO[Si](C)(C)CCCN(C)CC(C)C(=O)O[Si](C(C)C)(C(C)C)C(C)C. The third-order valence-corrected chi connectivity index (χ3v) is 14.5. The molecule has 0 aliphatic carbocycles. The lowest BCUT2D eigenvalue weighted by molar-refractivity contribution is -0.140. The molecule has 0 aromatic rings. The van der Waals surface area contributed by atoms with Crippen LogP contribution in [0.5, 0.6) is 0 Å². The summed E-state index contributed by atoms with van der Waals surface area (Å²) in [7, 11) is 0.295. The fraction of sp³-hybridized carbons (Fsp3) is 0.950. The van der Waals surface area contributed by atoms with E-state index in [1.807, 2.05) is 14.0 Å². The van der Waals surface area contributed by atoms with E-state index in [4.69, 9.17) is 8.85 Å². The van der Waals surface area contributed by atoms with Crippen LogP contribution in [0.3, 0.4) is 0 Å². The summed E-state index contributed by atoms with van der Waals surface area (Å²) in [6, 6.07) is 1.15. The van der Waals surface area contributed by atoms with Crippen LogP contribution < -0.4 is 0 Å². The molecule has 0 saturated carbocycles. The van der Waals surface area contributed by atoms with Crippen molar-refractivity contribution in [2.45, 2.75) is 90.6 Å². The van der Waals surface area contributed by atoms with Gasteiger partial charge in [0.2, 0.25) is 0 Å². The molecular formula is C20H45NO3Si2. The van der Waals surface area contributed by atoms with Crippen molar-refractivity contribution in [3.05, 3.63) is 0 Å². The monoisotopic (exact) mass is 403 g/mol. The normalized spacial score (nSPS) is 14.6. The second-order valence-electron chi connectivity index (χ2n) is 9.47. The van der Waals surface area contributed by atoms with Crippen LogP contribution in [0.15, 0.2) is 0 Å². The predicted octanol–water partition coefficient (Wildman–Crippen LogP) is 5.51. The molecule has 0 aliphatic heterocycles. The standard InChI is InChI=1S/C20H45NO3Si2/c1-16(2)26(17(3)4,18(5)6)24-20(22)19(7)15-21(8)13-12-14-25(10,11)23-9/h16-19H,12-15H2,1-11H3. The van der Waals surface area contributed by atoms with Crippen molar-refractivity contribution < 1.29 is 13.6 Å². The molecule has 0 radical (unpaired) electrons. The summed E-state index contributed by atoms with van der Waals surface area (Å²) in [4.78, 5) is 15.1. The molecule has 0 saturated heterocycles. The van der Waals surface area contributed by atoms with Crippen LogP contribution in [0.25, 0.3) is 0 Å². The van der Waals surface area contributed by atoms with E-state index >= 15 is 0 Å². The lowest BCUT2D eigenvalue weighted by Crippen LogP contribution is -2.50. The number of hydrogen-bond donors (Lipinski definition) is 0. The quantitative estimate of drug-likeness (QED) is 0.402. The molecule has 0 spiro atoms. The molecule has 4 nitrogen and oxygen atoms in total. The molecule has 0 bridgehead atoms. The molecule has 0 fully saturated rings. The van der Waals surface area contributed by atoms with Crippen LogP contribution >= 0.6 is 0 Å². The summed E-state index contributed by atoms with van der Waals surface area (Å²) in [5.41, 5.74) is 1.29. The Morgan fingerprint density at radius 2 is 1.42 bits per heavy atom. The Kier molecular flexibility index (Phi) is 10.9. The van der Waals surface area contributed by atoms with Crippen LogP contribution in [0.4, 0.5) is 0 Å². The van der Waals surface area contributed by atoms with Gasteiger partial charge in [-0.2, -0.15) is 0 Å². The number of rotatable bonds is 12. The van der Waals surface area contributed by atoms with E-state index in [1.165, 1.54) is 0 Å². The average Bonchev–Trinajstić information content (AvgIpc) is 2.50. The van der Waals surface area contributed by atoms with Crippen LogP contribution in [0.2, 0.25) is 35.8 Å². The largest absolute Gasteiger partial charge is 0.518 e. The number of carbonyl (C=O) groups is 1. The van der Waals surface area contributed by atoms with E-state index in [0.717, 1.165) is 25.6 Å². The van der Waals surface area contributed by atoms with E-state index in [9.17, 15) is 4.79 Å². The molecule has 0 heterocycles. The summed E-state index contributed by atoms with van der Waals surface area (Å²) in [6.45, 7) is 21.6. The molecule has 1 unspecified atom stereocenters. The van der Waals surface area contributed by atoms with Crippen molar-refractivity contribution in [1.82, 2.24) is 4.90 Å². The number of nitrogens with zero attached hydrogens (tertiary/aromatic N) is 1. The molecule has 0 amide bonds. The van der Waals surface area contributed by atoms with E-state index in [1.54, 1.807) is 0 Å². The third-order valence-electron chi connectivity index (χ3n) is 5.84. The zero-order valence-electron chi connectivity index (χ0n) is 19.3. The van der Waals surface area contributed by atoms with Crippen molar-refractivity contribution in [1.29, 1.82) is 0 Å². The Hall–Kier alpha value is -0.176. The Balaban J connectivity index is 4.75. The van der Waals surface area contributed by atoms with Gasteiger partial charge in [-0.05, 0) is 55.8 Å². The highest BCUT2D eigenvalue weighted by molar-refractivity contribution is 6.78. The summed E-state index contributed by atoms with van der Waals surface area (Å²) < 4.78 is 11.9. The van der Waals surface area contributed by atoms with Gasteiger partial charge in [-0.1, -0.05) is 48.5 Å². The Labute approximate surface area is 165 Å². The maximum atomic E-state index is 12.9. The smallest absolute Gasteiger partial charge is 0.296 e. The molecule has 0 aliphatic rings. The lowest BCUT2D eigenvalue weighted by Gasteiger charge is -2.42. The maximum absolute atomic E-state index is 12.9. The summed E-state index contributed by atoms with van der Waals surface area (Å²) >= 11 is 0. The first kappa shape index (κ1) is 25.8. The van der Waals surface area contributed by atoms with E-state index in [-0.39, 0.29) is 11.9 Å². The highest BCUT2D eigenvalue weighted by Crippen LogP contribution is 2.42. The van der Waals surface area contributed by atoms with Gasteiger partial charge in [0.1, 0.15) is 0 Å². The van der Waals surface area contributed by atoms with Gasteiger partial charge in [0.25, 0.3) is 14.3 Å². The first-order chi connectivity index (χ1) is 11.8. The van der Waals surface area contributed by atoms with Gasteiger partial charge in [0.05, 0.1) is 5.92 Å². The highest BCUT2D eigenvalue weighted by atomic mass is 28.4. The zero-order valence-corrected chi connectivity index (χ0v) is 21.3. The van der Waals surface area contributed by atoms with Crippen LogP contribution in [0.1, 0.15) is 54.9 Å². The first-order valence-electron chi connectivity index (χ1n) is 10.3. The minimum absolute atomic E-state index is 0.00814. The zero-order chi connectivity index (χ0) is 20.7. The fourth-order valence-corrected chi connectivity index (χ4v) is 10.6. The van der Waals surface area contributed by atoms with Gasteiger partial charge >= 0.3 is 0 Å². The van der Waals surface area contributed by atoms with Crippen molar-refractivity contribution in [2.24, 2.45) is 5.92 Å². The molecule has 0 aromatic heterocycles. The van der Waals surface area contributed by atoms with E-state index in [0.29, 0.717) is 16.6 Å². The fourth-order valence-electron chi connectivity index (χ4n) is 4.14. The maximum Gasteiger partial charge on any atom is 0.296 e. The molecule has 0 aromatic carbocycles. The van der Waals surface area contributed by atoms with Crippen LogP contribution in [0, 0.1) is 5.92 Å². The molecule has 6 heteroatoms. The van der Waals surface area contributed by atoms with Crippen molar-refractivity contribution in [2.75, 3.05) is 27.2 Å². The van der Waals surface area contributed by atoms with Crippen LogP contribution in [-0.2, 0) is 13.6 Å². The third kappa shape index (κ3) is 7.45. The molecule has 156 valence electrons. The van der Waals surface area contributed by atoms with Gasteiger partial charge in [-0.3, -0.25) is 4.79 Å². The highest BCUT2D eigenvalue weighted by Gasteiger charge is 2.48. The Bertz CT molecular complexity index is 404. The van der Waals surface area contributed by atoms with Crippen molar-refractivity contribution in [3.8, 4) is 0 Å². The minimum atomic E-state index is -2.14. The Morgan fingerprint density at radius 3 is 1.81 bits per heavy atom. The van der Waals surface area contributed by atoms with Crippen LogP contribution in [-0.4, -0.2) is 54.8 Å². The van der Waals surface area contributed by atoms with Gasteiger partial charge in [-0.25, -0.2) is 0 Å². The average molecular weight is 404 g/mol.